The normalized spacial score (nSPS) is 18.5. The molecule has 1 heterocycles. The van der Waals surface area contributed by atoms with Crippen molar-refractivity contribution in [2.24, 2.45) is 5.41 Å². The lowest BCUT2D eigenvalue weighted by atomic mass is 9.92. The lowest BCUT2D eigenvalue weighted by Gasteiger charge is -2.23. The minimum Gasteiger partial charge on any atom is -0.317 e. The Bertz CT molecular complexity index is 209. The number of carbonyl (C=O) groups excluding carboxylic acids is 1. The summed E-state index contributed by atoms with van der Waals surface area (Å²) in [6, 6.07) is 0. The molecule has 0 unspecified atom stereocenters. The number of hydrogen-bond donors (Lipinski definition) is 0. The highest BCUT2D eigenvalue weighted by atomic mass is 16.2. The summed E-state index contributed by atoms with van der Waals surface area (Å²) in [7, 11) is 0. The molecule has 1 aliphatic heterocycles. The zero-order valence-corrected chi connectivity index (χ0v) is 8.89. The molecule has 2 nitrogen and oxygen atoms in total. The smallest absolute Gasteiger partial charge is 0.227 e. The van der Waals surface area contributed by atoms with Crippen molar-refractivity contribution in [3.63, 3.8) is 0 Å². The van der Waals surface area contributed by atoms with E-state index in [1.165, 1.54) is 0 Å². The van der Waals surface area contributed by atoms with Crippen molar-refractivity contribution < 1.29 is 4.79 Å². The second-order valence-electron chi connectivity index (χ2n) is 4.92. The van der Waals surface area contributed by atoms with Crippen molar-refractivity contribution in [3.8, 4) is 0 Å². The van der Waals surface area contributed by atoms with E-state index in [-0.39, 0.29) is 5.91 Å². The molecule has 0 aromatic heterocycles. The predicted molar refractivity (Wildman–Crippen MR) is 54.2 cm³/mol. The third-order valence-electron chi connectivity index (χ3n) is 2.40. The number of allylic oxidation sites excluding steroid dienone is 1. The van der Waals surface area contributed by atoms with E-state index < -0.39 is 0 Å². The molecule has 13 heavy (non-hydrogen) atoms. The van der Waals surface area contributed by atoms with Gasteiger partial charge in [0.15, 0.2) is 0 Å². The van der Waals surface area contributed by atoms with E-state index in [9.17, 15) is 4.79 Å². The number of carbonyl (C=O) groups is 1. The summed E-state index contributed by atoms with van der Waals surface area (Å²) >= 11 is 0. The van der Waals surface area contributed by atoms with Gasteiger partial charge in [-0.1, -0.05) is 27.4 Å². The van der Waals surface area contributed by atoms with Gasteiger partial charge in [0.05, 0.1) is 0 Å². The molecule has 0 N–H and O–H groups in total. The van der Waals surface area contributed by atoms with E-state index >= 15 is 0 Å². The zero-order valence-electron chi connectivity index (χ0n) is 8.89. The molecular weight excluding hydrogens is 162 g/mol. The van der Waals surface area contributed by atoms with Crippen LogP contribution < -0.4 is 0 Å². The van der Waals surface area contributed by atoms with Gasteiger partial charge in [0, 0.05) is 18.7 Å². The second kappa shape index (κ2) is 3.52. The summed E-state index contributed by atoms with van der Waals surface area (Å²) in [5.41, 5.74) is 1.29. The summed E-state index contributed by atoms with van der Waals surface area (Å²) in [5, 5.41) is 0. The van der Waals surface area contributed by atoms with Gasteiger partial charge in [0.1, 0.15) is 0 Å². The van der Waals surface area contributed by atoms with Crippen LogP contribution in [0.15, 0.2) is 12.3 Å². The van der Waals surface area contributed by atoms with Gasteiger partial charge in [0.2, 0.25) is 5.91 Å². The molecule has 1 saturated heterocycles. The first-order valence-electron chi connectivity index (χ1n) is 4.88. The Morgan fingerprint density at radius 1 is 1.38 bits per heavy atom. The number of likely N-dealkylation sites (tertiary alicyclic amines) is 1. The molecule has 2 heteroatoms. The van der Waals surface area contributed by atoms with Crippen molar-refractivity contribution in [2.45, 2.75) is 40.0 Å². The fraction of sp³-hybridized carbons (Fsp3) is 0.727. The van der Waals surface area contributed by atoms with Gasteiger partial charge in [-0.15, -0.1) is 0 Å². The van der Waals surface area contributed by atoms with Crippen LogP contribution in [0.25, 0.3) is 0 Å². The molecule has 0 aromatic rings. The molecule has 0 bridgehead atoms. The molecule has 0 aromatic carbocycles. The highest BCUT2D eigenvalue weighted by Crippen LogP contribution is 2.25. The largest absolute Gasteiger partial charge is 0.317 e. The lowest BCUT2D eigenvalue weighted by Crippen LogP contribution is -2.26. The summed E-state index contributed by atoms with van der Waals surface area (Å²) in [4.78, 5) is 13.2. The van der Waals surface area contributed by atoms with Crippen LogP contribution in [0.3, 0.4) is 0 Å². The first kappa shape index (κ1) is 10.3. The Labute approximate surface area is 80.6 Å². The zero-order chi connectivity index (χ0) is 10.1. The van der Waals surface area contributed by atoms with Gasteiger partial charge in [-0.05, 0) is 18.3 Å². The molecule has 0 aliphatic carbocycles. The van der Waals surface area contributed by atoms with E-state index in [4.69, 9.17) is 0 Å². The van der Waals surface area contributed by atoms with Crippen LogP contribution in [0.1, 0.15) is 40.0 Å². The molecule has 1 fully saturated rings. The third kappa shape index (κ3) is 2.87. The minimum atomic E-state index is 0.245. The average molecular weight is 181 g/mol. The highest BCUT2D eigenvalue weighted by Gasteiger charge is 2.25. The highest BCUT2D eigenvalue weighted by molar-refractivity contribution is 5.81. The average Bonchev–Trinajstić information content (AvgIpc) is 2.27. The van der Waals surface area contributed by atoms with Crippen LogP contribution in [-0.2, 0) is 4.79 Å². The van der Waals surface area contributed by atoms with Gasteiger partial charge in [0.25, 0.3) is 0 Å². The van der Waals surface area contributed by atoms with Gasteiger partial charge < -0.3 is 4.90 Å². The Balaban J connectivity index is 2.45. The summed E-state index contributed by atoms with van der Waals surface area (Å²) in [6.45, 7) is 11.3. The topological polar surface area (TPSA) is 20.3 Å². The van der Waals surface area contributed by atoms with Crippen molar-refractivity contribution >= 4 is 5.91 Å². The van der Waals surface area contributed by atoms with Crippen LogP contribution in [0.2, 0.25) is 0 Å². The van der Waals surface area contributed by atoms with Crippen molar-refractivity contribution in [3.05, 3.63) is 12.3 Å². The maximum absolute atomic E-state index is 11.4. The standard InChI is InChI=1S/C11H19NO/c1-9-5-6-10(13)12(9)8-7-11(2,3)4/h1,5-8H2,2-4H3. The number of nitrogens with zero attached hydrogens (tertiary/aromatic N) is 1. The molecule has 0 radical (unpaired) electrons. The van der Waals surface area contributed by atoms with E-state index in [1.807, 2.05) is 4.90 Å². The first-order valence-corrected chi connectivity index (χ1v) is 4.88. The quantitative estimate of drug-likeness (QED) is 0.641. The molecule has 0 saturated carbocycles. The third-order valence-corrected chi connectivity index (χ3v) is 2.40. The lowest BCUT2D eigenvalue weighted by molar-refractivity contribution is -0.126. The van der Waals surface area contributed by atoms with Crippen LogP contribution in [0.4, 0.5) is 0 Å². The second-order valence-corrected chi connectivity index (χ2v) is 4.92. The molecule has 0 atom stereocenters. The maximum atomic E-state index is 11.4. The fourth-order valence-electron chi connectivity index (χ4n) is 1.43. The van der Waals surface area contributed by atoms with Crippen molar-refractivity contribution in [1.82, 2.24) is 4.90 Å². The predicted octanol–water partition coefficient (Wildman–Crippen LogP) is 2.56. The van der Waals surface area contributed by atoms with E-state index in [2.05, 4.69) is 27.4 Å². The van der Waals surface area contributed by atoms with Crippen LogP contribution in [-0.4, -0.2) is 17.4 Å². The SMILES string of the molecule is C=C1CCC(=O)N1CCC(C)(C)C. The number of rotatable bonds is 2. The van der Waals surface area contributed by atoms with Crippen LogP contribution in [0.5, 0.6) is 0 Å². The summed E-state index contributed by atoms with van der Waals surface area (Å²) in [5.74, 6) is 0.245. The Hall–Kier alpha value is -0.790. The molecule has 74 valence electrons. The van der Waals surface area contributed by atoms with E-state index in [1.54, 1.807) is 0 Å². The first-order chi connectivity index (χ1) is 5.90. The summed E-state index contributed by atoms with van der Waals surface area (Å²) < 4.78 is 0. The van der Waals surface area contributed by atoms with Crippen LogP contribution >= 0.6 is 0 Å². The Morgan fingerprint density at radius 3 is 2.38 bits per heavy atom. The molecule has 1 aliphatic rings. The molecule has 1 amide bonds. The number of hydrogen-bond acceptors (Lipinski definition) is 1. The Morgan fingerprint density at radius 2 is 2.00 bits per heavy atom. The van der Waals surface area contributed by atoms with Gasteiger partial charge in [-0.25, -0.2) is 0 Å². The molecular formula is C11H19NO. The minimum absolute atomic E-state index is 0.245. The van der Waals surface area contributed by atoms with E-state index in [0.717, 1.165) is 25.1 Å². The van der Waals surface area contributed by atoms with Gasteiger partial charge in [-0.2, -0.15) is 0 Å². The monoisotopic (exact) mass is 181 g/mol. The van der Waals surface area contributed by atoms with Crippen molar-refractivity contribution in [1.29, 1.82) is 0 Å². The maximum Gasteiger partial charge on any atom is 0.227 e. The molecule has 0 spiro atoms. The summed E-state index contributed by atoms with van der Waals surface area (Å²) in [6.07, 6.45) is 2.55. The number of amides is 1. The van der Waals surface area contributed by atoms with Gasteiger partial charge >= 0.3 is 0 Å². The Kier molecular flexibility index (Phi) is 2.79. The van der Waals surface area contributed by atoms with Crippen molar-refractivity contribution in [2.75, 3.05) is 6.54 Å². The van der Waals surface area contributed by atoms with Gasteiger partial charge in [-0.3, -0.25) is 4.79 Å². The molecule has 1 rings (SSSR count). The van der Waals surface area contributed by atoms with Crippen LogP contribution in [0, 0.1) is 5.41 Å². The fourth-order valence-corrected chi connectivity index (χ4v) is 1.43. The van der Waals surface area contributed by atoms with E-state index in [0.29, 0.717) is 11.8 Å².